The van der Waals surface area contributed by atoms with Gasteiger partial charge in [-0.15, -0.1) is 0 Å². The molecular formula is C64H42Br3Cl3N8O8. The number of fused-ring (bicyclic) bond motifs is 4. The number of aromatic nitrogens is 8. The molecule has 4 aliphatic rings. The van der Waals surface area contributed by atoms with Crippen LogP contribution in [0.25, 0.3) is 90.1 Å². The molecule has 12 aromatic rings. The fourth-order valence-electron chi connectivity index (χ4n) is 9.33. The van der Waals surface area contributed by atoms with E-state index in [1.807, 2.05) is 170 Å². The van der Waals surface area contributed by atoms with E-state index in [9.17, 15) is 0 Å². The van der Waals surface area contributed by atoms with E-state index >= 15 is 0 Å². The highest BCUT2D eigenvalue weighted by Crippen LogP contribution is 2.41. The van der Waals surface area contributed by atoms with Gasteiger partial charge in [-0.2, -0.15) is 20.4 Å². The van der Waals surface area contributed by atoms with Gasteiger partial charge in [-0.1, -0.05) is 87.1 Å². The van der Waals surface area contributed by atoms with Crippen molar-refractivity contribution >= 4 is 82.6 Å². The van der Waals surface area contributed by atoms with Gasteiger partial charge in [0.1, 0.15) is 0 Å². The molecule has 0 saturated heterocycles. The summed E-state index contributed by atoms with van der Waals surface area (Å²) in [5.41, 5.74) is 15.1. The quantitative estimate of drug-likeness (QED) is 0.113. The number of nitrogens with one attached hydrogen (secondary N) is 4. The molecule has 4 aliphatic heterocycles. The number of hydrogen-bond donors (Lipinski definition) is 4. The zero-order valence-electron chi connectivity index (χ0n) is 44.5. The van der Waals surface area contributed by atoms with Gasteiger partial charge in [0.05, 0.1) is 55.6 Å². The van der Waals surface area contributed by atoms with Gasteiger partial charge in [-0.3, -0.25) is 20.4 Å². The van der Waals surface area contributed by atoms with Crippen LogP contribution in [0.1, 0.15) is 0 Å². The highest BCUT2D eigenvalue weighted by Gasteiger charge is 2.20. The number of nitrogens with zero attached hydrogens (tertiary/aromatic N) is 4. The van der Waals surface area contributed by atoms with Crippen LogP contribution >= 0.6 is 82.6 Å². The van der Waals surface area contributed by atoms with Crippen LogP contribution in [-0.4, -0.2) is 68.0 Å². The lowest BCUT2D eigenvalue weighted by atomic mass is 10.1. The predicted molar refractivity (Wildman–Crippen MR) is 340 cm³/mol. The molecule has 0 amide bonds. The van der Waals surface area contributed by atoms with Crippen LogP contribution < -0.4 is 37.9 Å². The zero-order chi connectivity index (χ0) is 58.7. The lowest BCUT2D eigenvalue weighted by Gasteiger charge is -2.00. The Morgan fingerprint density at radius 1 is 0.291 bits per heavy atom. The fraction of sp³-hybridized carbons (Fsp3) is 0.0625. The first-order chi connectivity index (χ1) is 42.0. The molecule has 8 heterocycles. The number of halogens is 6. The molecule has 86 heavy (non-hydrogen) atoms. The molecule has 16 nitrogen and oxygen atoms in total. The zero-order valence-corrected chi connectivity index (χ0v) is 51.5. The van der Waals surface area contributed by atoms with Gasteiger partial charge in [0.15, 0.2) is 46.0 Å². The first-order valence-corrected chi connectivity index (χ1v) is 29.8. The molecule has 0 aliphatic carbocycles. The summed E-state index contributed by atoms with van der Waals surface area (Å²) in [5, 5.41) is 31.4. The summed E-state index contributed by atoms with van der Waals surface area (Å²) in [4.78, 5) is 0. The van der Waals surface area contributed by atoms with E-state index in [1.165, 1.54) is 0 Å². The van der Waals surface area contributed by atoms with E-state index < -0.39 is 0 Å². The van der Waals surface area contributed by atoms with E-state index in [4.69, 9.17) is 72.7 Å². The molecule has 0 bridgehead atoms. The molecule has 0 radical (unpaired) electrons. The fourth-order valence-corrected chi connectivity index (χ4v) is 10.8. The summed E-state index contributed by atoms with van der Waals surface area (Å²) in [6.07, 6.45) is 0. The number of hydrogen-bond acceptors (Lipinski definition) is 12. The lowest BCUT2D eigenvalue weighted by Crippen LogP contribution is -1.92. The summed E-state index contributed by atoms with van der Waals surface area (Å²) in [6.45, 7) is 1.09. The van der Waals surface area contributed by atoms with E-state index in [0.717, 1.165) is 149 Å². The van der Waals surface area contributed by atoms with E-state index in [2.05, 4.69) is 88.6 Å². The van der Waals surface area contributed by atoms with Crippen molar-refractivity contribution in [1.29, 1.82) is 0 Å². The second kappa shape index (κ2) is 25.1. The summed E-state index contributed by atoms with van der Waals surface area (Å²) in [7, 11) is 0. The van der Waals surface area contributed by atoms with Crippen molar-refractivity contribution in [3.05, 3.63) is 210 Å². The molecule has 0 fully saturated rings. The minimum atomic E-state index is 0.260. The normalized spacial score (nSPS) is 12.6. The topological polar surface area (TPSA) is 189 Å². The number of H-pyrrole nitrogens is 4. The van der Waals surface area contributed by atoms with Gasteiger partial charge >= 0.3 is 0 Å². The molecule has 8 aromatic carbocycles. The average Bonchev–Trinajstić information content (AvgIpc) is 4.05. The summed E-state index contributed by atoms with van der Waals surface area (Å²) >= 11 is 28.5. The van der Waals surface area contributed by atoms with Crippen LogP contribution in [0.4, 0.5) is 0 Å². The molecule has 4 N–H and O–H groups in total. The average molecular weight is 1400 g/mol. The van der Waals surface area contributed by atoms with Gasteiger partial charge < -0.3 is 37.9 Å². The van der Waals surface area contributed by atoms with Crippen molar-refractivity contribution < 1.29 is 37.9 Å². The Kier molecular flexibility index (Phi) is 16.5. The van der Waals surface area contributed by atoms with Crippen LogP contribution in [-0.2, 0) is 0 Å². The summed E-state index contributed by atoms with van der Waals surface area (Å²) in [5.74, 6) is 6.12. The third kappa shape index (κ3) is 12.7. The molecule has 428 valence electrons. The van der Waals surface area contributed by atoms with Crippen LogP contribution in [0.2, 0.25) is 15.1 Å². The van der Waals surface area contributed by atoms with E-state index in [-0.39, 0.29) is 27.2 Å². The molecular weight excluding hydrogens is 1350 g/mol. The van der Waals surface area contributed by atoms with E-state index in [0.29, 0.717) is 15.1 Å². The Bertz CT molecular complexity index is 4200. The predicted octanol–water partition coefficient (Wildman–Crippen LogP) is 18.1. The van der Waals surface area contributed by atoms with Crippen molar-refractivity contribution in [3.8, 4) is 136 Å². The van der Waals surface area contributed by atoms with Gasteiger partial charge in [0.25, 0.3) is 0 Å². The van der Waals surface area contributed by atoms with Crippen molar-refractivity contribution in [2.75, 3.05) is 27.2 Å². The number of ether oxygens (including phenoxy) is 8. The standard InChI is InChI=1S/C16H10Br2N2O2.C16H11BrN2O2.C16H10Cl2N2O2.C16H11ClN2O2/c17-11-3-1-9(5-12(11)18)13-7-14(20-19-13)10-2-4-15-16(6-10)22-8-21-15;17-12-3-1-2-10(6-12)13-8-14(19-18-13)11-4-5-15-16(7-11)21-9-20-15;17-11-3-1-9(5-12(11)18)13-7-14(20-19-13)10-2-4-15-16(6-10)22-8-21-15;17-12-3-1-2-10(6-12)13-8-14(19-18-13)11-4-5-15-16(7-11)21-9-20-15/h1-7H,8H2,(H,19,20);1-8H,9H2,(H,18,19);1-7H,8H2,(H,19,20);1-8H,9H2,(H,18,19). The molecule has 0 saturated carbocycles. The van der Waals surface area contributed by atoms with Gasteiger partial charge in [-0.05, 0) is 177 Å². The Morgan fingerprint density at radius 3 is 1.02 bits per heavy atom. The lowest BCUT2D eigenvalue weighted by molar-refractivity contribution is 0.173. The largest absolute Gasteiger partial charge is 0.454 e. The second-order valence-electron chi connectivity index (χ2n) is 19.2. The minimum Gasteiger partial charge on any atom is -0.454 e. The van der Waals surface area contributed by atoms with Crippen LogP contribution in [0.15, 0.2) is 195 Å². The Labute approximate surface area is 531 Å². The maximum Gasteiger partial charge on any atom is 0.231 e. The van der Waals surface area contributed by atoms with Gasteiger partial charge in [0.2, 0.25) is 27.2 Å². The van der Waals surface area contributed by atoms with Crippen molar-refractivity contribution in [2.45, 2.75) is 0 Å². The smallest absolute Gasteiger partial charge is 0.231 e. The van der Waals surface area contributed by atoms with Crippen molar-refractivity contribution in [1.82, 2.24) is 40.8 Å². The Morgan fingerprint density at radius 2 is 0.640 bits per heavy atom. The number of benzene rings is 8. The highest BCUT2D eigenvalue weighted by atomic mass is 79.9. The second-order valence-corrected chi connectivity index (χ2v) is 23.1. The molecule has 0 atom stereocenters. The third-order valence-corrected chi connectivity index (χ3v) is 17.1. The monoisotopic (exact) mass is 1390 g/mol. The molecule has 0 unspecified atom stereocenters. The SMILES string of the molecule is Brc1ccc(-c2cc(-c3ccc4c(c3)OCO4)[nH]n2)cc1Br.Brc1cccc(-c2cc(-c3ccc4c(c3)OCO4)[nH]n2)c1.Clc1ccc(-c2cc(-c3ccc4c(c3)OCO4)[nH]n2)cc1Cl.Clc1cccc(-c2cc(-c3ccc4c(c3)OCO4)[nH]n2)c1. The van der Waals surface area contributed by atoms with Crippen LogP contribution in [0.5, 0.6) is 46.0 Å². The van der Waals surface area contributed by atoms with Crippen molar-refractivity contribution in [2.24, 2.45) is 0 Å². The molecule has 16 rings (SSSR count). The molecule has 22 heteroatoms. The maximum absolute atomic E-state index is 6.05. The first kappa shape index (κ1) is 56.4. The molecule has 0 spiro atoms. The number of rotatable bonds is 8. The first-order valence-electron chi connectivity index (χ1n) is 26.2. The van der Waals surface area contributed by atoms with Gasteiger partial charge in [0, 0.05) is 62.9 Å². The Balaban J connectivity index is 0.000000106. The number of aromatic amines is 4. The minimum absolute atomic E-state index is 0.260. The highest BCUT2D eigenvalue weighted by molar-refractivity contribution is 9.13. The van der Waals surface area contributed by atoms with Gasteiger partial charge in [-0.25, -0.2) is 0 Å². The maximum atomic E-state index is 6.05. The summed E-state index contributed by atoms with van der Waals surface area (Å²) < 4.78 is 45.9. The summed E-state index contributed by atoms with van der Waals surface area (Å²) in [6, 6.07) is 58.5. The Hall–Kier alpha value is -8.69. The van der Waals surface area contributed by atoms with Crippen LogP contribution in [0, 0.1) is 0 Å². The van der Waals surface area contributed by atoms with E-state index in [1.54, 1.807) is 12.1 Å². The third-order valence-electron chi connectivity index (χ3n) is 13.7. The van der Waals surface area contributed by atoms with Crippen LogP contribution in [0.3, 0.4) is 0 Å². The molecule has 4 aromatic heterocycles. The van der Waals surface area contributed by atoms with Crippen molar-refractivity contribution in [3.63, 3.8) is 0 Å².